The summed E-state index contributed by atoms with van der Waals surface area (Å²) in [7, 11) is 1.63. The Labute approximate surface area is 127 Å². The lowest BCUT2D eigenvalue weighted by molar-refractivity contribution is 0.411. The average Bonchev–Trinajstić information content (AvgIpc) is 2.44. The molecule has 0 saturated carbocycles. The van der Waals surface area contributed by atoms with Crippen LogP contribution in [0.2, 0.25) is 0 Å². The zero-order valence-electron chi connectivity index (χ0n) is 11.5. The zero-order chi connectivity index (χ0) is 14.5. The van der Waals surface area contributed by atoms with E-state index < -0.39 is 0 Å². The Bertz CT molecular complexity index is 588. The minimum atomic E-state index is -0.224. The highest BCUT2D eigenvalue weighted by molar-refractivity contribution is 9.10. The van der Waals surface area contributed by atoms with Crippen molar-refractivity contribution in [2.75, 3.05) is 13.7 Å². The van der Waals surface area contributed by atoms with Gasteiger partial charge in [0.2, 0.25) is 0 Å². The van der Waals surface area contributed by atoms with E-state index in [0.29, 0.717) is 0 Å². The molecule has 0 aromatic heterocycles. The molecule has 0 aliphatic rings. The minimum absolute atomic E-state index is 0.0436. The summed E-state index contributed by atoms with van der Waals surface area (Å²) in [5.74, 6) is 0.557. The van der Waals surface area contributed by atoms with Gasteiger partial charge < -0.3 is 10.1 Å². The largest absolute Gasteiger partial charge is 0.496 e. The van der Waals surface area contributed by atoms with Crippen LogP contribution in [0.15, 0.2) is 46.9 Å². The second kappa shape index (κ2) is 6.86. The van der Waals surface area contributed by atoms with Crippen LogP contribution in [0.5, 0.6) is 5.75 Å². The molecule has 106 valence electrons. The molecule has 2 nitrogen and oxygen atoms in total. The molecule has 0 aliphatic heterocycles. The van der Waals surface area contributed by atoms with Crippen LogP contribution in [0, 0.1) is 5.82 Å². The van der Waals surface area contributed by atoms with Gasteiger partial charge in [0.25, 0.3) is 0 Å². The fraction of sp³-hybridized carbons (Fsp3) is 0.250. The molecular formula is C16H17BrFNO. The molecule has 0 amide bonds. The fourth-order valence-corrected chi connectivity index (χ4v) is 2.74. The molecule has 2 aromatic carbocycles. The summed E-state index contributed by atoms with van der Waals surface area (Å²) >= 11 is 3.49. The number of hydrogen-bond donors (Lipinski definition) is 1. The van der Waals surface area contributed by atoms with E-state index in [1.54, 1.807) is 19.2 Å². The summed E-state index contributed by atoms with van der Waals surface area (Å²) < 4.78 is 19.5. The standard InChI is InChI=1S/C16H17BrFNO/c1-3-19-16(11-5-4-6-13(18)9-11)12-7-8-15(20-2)14(17)10-12/h4-10,16,19H,3H2,1-2H3. The number of ether oxygens (including phenoxy) is 1. The highest BCUT2D eigenvalue weighted by atomic mass is 79.9. The van der Waals surface area contributed by atoms with E-state index in [9.17, 15) is 4.39 Å². The molecule has 0 aliphatic carbocycles. The smallest absolute Gasteiger partial charge is 0.133 e. The summed E-state index contributed by atoms with van der Waals surface area (Å²) in [6.07, 6.45) is 0. The van der Waals surface area contributed by atoms with Crippen molar-refractivity contribution in [3.8, 4) is 5.75 Å². The molecule has 0 fully saturated rings. The number of methoxy groups -OCH3 is 1. The summed E-state index contributed by atoms with van der Waals surface area (Å²) in [5, 5.41) is 3.38. The Balaban J connectivity index is 2.40. The molecule has 2 aromatic rings. The van der Waals surface area contributed by atoms with Crippen LogP contribution in [-0.2, 0) is 0 Å². The molecular weight excluding hydrogens is 321 g/mol. The van der Waals surface area contributed by atoms with Gasteiger partial charge in [-0.15, -0.1) is 0 Å². The van der Waals surface area contributed by atoms with E-state index in [0.717, 1.165) is 27.9 Å². The first-order valence-corrected chi connectivity index (χ1v) is 7.27. The Morgan fingerprint density at radius 2 is 1.95 bits per heavy atom. The van der Waals surface area contributed by atoms with Gasteiger partial charge in [0.05, 0.1) is 17.6 Å². The van der Waals surface area contributed by atoms with E-state index in [4.69, 9.17) is 4.74 Å². The van der Waals surface area contributed by atoms with Gasteiger partial charge in [-0.2, -0.15) is 0 Å². The topological polar surface area (TPSA) is 21.3 Å². The number of rotatable bonds is 5. The average molecular weight is 338 g/mol. The molecule has 0 spiro atoms. The SMILES string of the molecule is CCNC(c1cccc(F)c1)c1ccc(OC)c(Br)c1. The van der Waals surface area contributed by atoms with E-state index >= 15 is 0 Å². The molecule has 1 atom stereocenters. The van der Waals surface area contributed by atoms with Gasteiger partial charge in [-0.25, -0.2) is 4.39 Å². The maximum absolute atomic E-state index is 13.4. The van der Waals surface area contributed by atoms with E-state index in [1.165, 1.54) is 6.07 Å². The first-order chi connectivity index (χ1) is 9.65. The number of nitrogens with one attached hydrogen (secondary N) is 1. The first kappa shape index (κ1) is 15.0. The number of halogens is 2. The van der Waals surface area contributed by atoms with Gasteiger partial charge in [0.1, 0.15) is 11.6 Å². The second-order valence-electron chi connectivity index (χ2n) is 4.44. The van der Waals surface area contributed by atoms with E-state index in [1.807, 2.05) is 31.2 Å². The molecule has 0 saturated heterocycles. The van der Waals surface area contributed by atoms with Gasteiger partial charge in [-0.05, 0) is 57.9 Å². The summed E-state index contributed by atoms with van der Waals surface area (Å²) in [4.78, 5) is 0. The molecule has 0 bridgehead atoms. The summed E-state index contributed by atoms with van der Waals surface area (Å²) in [6.45, 7) is 2.83. The molecule has 4 heteroatoms. The normalized spacial score (nSPS) is 12.2. The highest BCUT2D eigenvalue weighted by Gasteiger charge is 2.15. The lowest BCUT2D eigenvalue weighted by Gasteiger charge is -2.20. The third-order valence-electron chi connectivity index (χ3n) is 3.10. The lowest BCUT2D eigenvalue weighted by Crippen LogP contribution is -2.22. The van der Waals surface area contributed by atoms with Crippen molar-refractivity contribution in [3.05, 3.63) is 63.9 Å². The minimum Gasteiger partial charge on any atom is -0.496 e. The van der Waals surface area contributed by atoms with Crippen LogP contribution in [0.3, 0.4) is 0 Å². The van der Waals surface area contributed by atoms with Crippen molar-refractivity contribution < 1.29 is 9.13 Å². The maximum Gasteiger partial charge on any atom is 0.133 e. The Morgan fingerprint density at radius 1 is 1.20 bits per heavy atom. The van der Waals surface area contributed by atoms with Crippen LogP contribution >= 0.6 is 15.9 Å². The lowest BCUT2D eigenvalue weighted by atomic mass is 9.98. The molecule has 0 heterocycles. The van der Waals surface area contributed by atoms with Crippen molar-refractivity contribution in [3.63, 3.8) is 0 Å². The third kappa shape index (κ3) is 3.38. The molecule has 2 rings (SSSR count). The zero-order valence-corrected chi connectivity index (χ0v) is 13.1. The first-order valence-electron chi connectivity index (χ1n) is 6.48. The summed E-state index contributed by atoms with van der Waals surface area (Å²) in [6, 6.07) is 12.5. The van der Waals surface area contributed by atoms with Gasteiger partial charge in [-0.3, -0.25) is 0 Å². The molecule has 20 heavy (non-hydrogen) atoms. The number of benzene rings is 2. The van der Waals surface area contributed by atoms with Crippen LogP contribution in [0.4, 0.5) is 4.39 Å². The van der Waals surface area contributed by atoms with Crippen molar-refractivity contribution in [1.29, 1.82) is 0 Å². The monoisotopic (exact) mass is 337 g/mol. The van der Waals surface area contributed by atoms with Crippen molar-refractivity contribution in [1.82, 2.24) is 5.32 Å². The van der Waals surface area contributed by atoms with Crippen LogP contribution in [0.1, 0.15) is 24.1 Å². The van der Waals surface area contributed by atoms with Crippen LogP contribution < -0.4 is 10.1 Å². The van der Waals surface area contributed by atoms with Gasteiger partial charge in [-0.1, -0.05) is 25.1 Å². The quantitative estimate of drug-likeness (QED) is 0.878. The third-order valence-corrected chi connectivity index (χ3v) is 3.72. The second-order valence-corrected chi connectivity index (χ2v) is 5.29. The molecule has 1 N–H and O–H groups in total. The van der Waals surface area contributed by atoms with Crippen molar-refractivity contribution in [2.45, 2.75) is 13.0 Å². The maximum atomic E-state index is 13.4. The molecule has 1 unspecified atom stereocenters. The highest BCUT2D eigenvalue weighted by Crippen LogP contribution is 2.30. The fourth-order valence-electron chi connectivity index (χ4n) is 2.18. The van der Waals surface area contributed by atoms with Crippen molar-refractivity contribution in [2.24, 2.45) is 0 Å². The van der Waals surface area contributed by atoms with Gasteiger partial charge in [0.15, 0.2) is 0 Å². The van der Waals surface area contributed by atoms with Gasteiger partial charge in [0, 0.05) is 0 Å². The van der Waals surface area contributed by atoms with E-state index in [2.05, 4.69) is 21.2 Å². The Kier molecular flexibility index (Phi) is 5.15. The van der Waals surface area contributed by atoms with Crippen LogP contribution in [-0.4, -0.2) is 13.7 Å². The Hall–Kier alpha value is -1.39. The molecule has 0 radical (unpaired) electrons. The van der Waals surface area contributed by atoms with Gasteiger partial charge >= 0.3 is 0 Å². The number of hydrogen-bond acceptors (Lipinski definition) is 2. The van der Waals surface area contributed by atoms with Crippen molar-refractivity contribution >= 4 is 15.9 Å². The van der Waals surface area contributed by atoms with Crippen LogP contribution in [0.25, 0.3) is 0 Å². The predicted molar refractivity (Wildman–Crippen MR) is 82.6 cm³/mol. The van der Waals surface area contributed by atoms with E-state index in [-0.39, 0.29) is 11.9 Å². The summed E-state index contributed by atoms with van der Waals surface area (Å²) in [5.41, 5.74) is 1.97. The Morgan fingerprint density at radius 3 is 2.55 bits per heavy atom. The predicted octanol–water partition coefficient (Wildman–Crippen LogP) is 4.30.